The number of halogens is 2. The molecular formula is C32H31Cl2N5O4. The van der Waals surface area contributed by atoms with Crippen LogP contribution in [-0.2, 0) is 26.2 Å². The lowest BCUT2D eigenvalue weighted by molar-refractivity contribution is -0.0431. The van der Waals surface area contributed by atoms with Crippen LogP contribution in [-0.4, -0.2) is 53.8 Å². The van der Waals surface area contributed by atoms with Gasteiger partial charge in [-0.05, 0) is 67.9 Å². The summed E-state index contributed by atoms with van der Waals surface area (Å²) in [6.07, 6.45) is 3.67. The summed E-state index contributed by atoms with van der Waals surface area (Å²) in [5, 5.41) is 10.6. The first-order valence-electron chi connectivity index (χ1n) is 14.1. The zero-order chi connectivity index (χ0) is 30.1. The fourth-order valence-corrected chi connectivity index (χ4v) is 5.80. The van der Waals surface area contributed by atoms with Crippen molar-refractivity contribution < 1.29 is 19.4 Å². The highest BCUT2D eigenvalue weighted by molar-refractivity contribution is 6.35. The number of imidazole rings is 2. The van der Waals surface area contributed by atoms with Gasteiger partial charge in [-0.2, -0.15) is 0 Å². The Morgan fingerprint density at radius 1 is 1.09 bits per heavy atom. The Bertz CT molecular complexity index is 1780. The van der Waals surface area contributed by atoms with Crippen LogP contribution in [0.4, 0.5) is 0 Å². The Balaban J connectivity index is 1.14. The number of rotatable bonds is 11. The molecule has 6 rings (SSSR count). The Kier molecular flexibility index (Phi) is 8.30. The van der Waals surface area contributed by atoms with Gasteiger partial charge in [-0.3, -0.25) is 4.90 Å². The molecule has 2 aromatic heterocycles. The van der Waals surface area contributed by atoms with Crippen molar-refractivity contribution in [1.82, 2.24) is 24.0 Å². The second-order valence-electron chi connectivity index (χ2n) is 10.6. The van der Waals surface area contributed by atoms with Gasteiger partial charge in [0.2, 0.25) is 0 Å². The van der Waals surface area contributed by atoms with Crippen molar-refractivity contribution in [3.63, 3.8) is 0 Å². The monoisotopic (exact) mass is 619 g/mol. The number of hydrogen-bond acceptors (Lipinski definition) is 6. The summed E-state index contributed by atoms with van der Waals surface area (Å²) in [4.78, 5) is 23.2. The standard InChI is InChI=1S/C32H31Cl2N5O4/c1-3-37-19-35-14-24(37)15-39-28-12-22(32(40)41)7-9-27(28)36-31(39)17-38-16-30(20(38)2)43-25-6-4-5-21(11-25)18-42-29-10-8-23(33)13-26(29)34/h4-14,19-20,30H,3,15-18H2,1-2H3,(H,40,41)/t20-,30+/m0/s1. The van der Waals surface area contributed by atoms with E-state index in [1.807, 2.05) is 36.8 Å². The first kappa shape index (κ1) is 29.0. The largest absolute Gasteiger partial charge is 0.487 e. The third kappa shape index (κ3) is 6.20. The maximum atomic E-state index is 11.7. The number of aromatic carboxylic acids is 1. The molecule has 43 heavy (non-hydrogen) atoms. The van der Waals surface area contributed by atoms with Crippen LogP contribution in [0.2, 0.25) is 10.0 Å². The van der Waals surface area contributed by atoms with Crippen LogP contribution >= 0.6 is 23.2 Å². The summed E-state index contributed by atoms with van der Waals surface area (Å²) in [5.41, 5.74) is 3.79. The fraction of sp³-hybridized carbons (Fsp3) is 0.281. The molecule has 0 unspecified atom stereocenters. The number of aromatic nitrogens is 4. The molecule has 0 saturated carbocycles. The van der Waals surface area contributed by atoms with E-state index in [4.69, 9.17) is 37.7 Å². The van der Waals surface area contributed by atoms with Gasteiger partial charge in [0.1, 0.15) is 30.0 Å². The van der Waals surface area contributed by atoms with Crippen LogP contribution in [0, 0.1) is 0 Å². The molecule has 3 heterocycles. The van der Waals surface area contributed by atoms with Gasteiger partial charge in [0.25, 0.3) is 0 Å². The quantitative estimate of drug-likeness (QED) is 0.179. The van der Waals surface area contributed by atoms with E-state index in [1.54, 1.807) is 36.4 Å². The highest BCUT2D eigenvalue weighted by Gasteiger charge is 2.38. The zero-order valence-electron chi connectivity index (χ0n) is 23.8. The average molecular weight is 621 g/mol. The highest BCUT2D eigenvalue weighted by atomic mass is 35.5. The molecule has 0 spiro atoms. The number of benzene rings is 3. The Hall–Kier alpha value is -4.05. The molecule has 1 saturated heterocycles. The SMILES string of the molecule is CCn1cncc1Cn1c(CN2C[C@@H](Oc3cccc(COc4ccc(Cl)cc4Cl)c3)[C@@H]2C)nc2ccc(C(=O)O)cc21. The average Bonchev–Trinajstić information content (AvgIpc) is 3.59. The molecule has 3 aromatic carbocycles. The van der Waals surface area contributed by atoms with Gasteiger partial charge in [0.15, 0.2) is 0 Å². The van der Waals surface area contributed by atoms with Gasteiger partial charge in [0, 0.05) is 30.4 Å². The molecule has 1 fully saturated rings. The second-order valence-corrected chi connectivity index (χ2v) is 11.5. The molecule has 2 atom stereocenters. The maximum Gasteiger partial charge on any atom is 0.335 e. The van der Waals surface area contributed by atoms with Crippen molar-refractivity contribution in [2.24, 2.45) is 0 Å². The fourth-order valence-electron chi connectivity index (χ4n) is 5.34. The number of carboxylic acid groups (broad SMARTS) is 1. The van der Waals surface area contributed by atoms with Crippen LogP contribution in [0.5, 0.6) is 11.5 Å². The van der Waals surface area contributed by atoms with Gasteiger partial charge < -0.3 is 23.7 Å². The number of ether oxygens (including phenoxy) is 2. The van der Waals surface area contributed by atoms with Gasteiger partial charge in [0.05, 0.1) is 46.7 Å². The smallest absolute Gasteiger partial charge is 0.335 e. The summed E-state index contributed by atoms with van der Waals surface area (Å²) >= 11 is 12.2. The molecular weight excluding hydrogens is 589 g/mol. The van der Waals surface area contributed by atoms with Crippen LogP contribution in [0.15, 0.2) is 73.2 Å². The minimum atomic E-state index is -0.962. The Labute approximate surface area is 259 Å². The van der Waals surface area contributed by atoms with E-state index in [1.165, 1.54) is 0 Å². The molecule has 1 N–H and O–H groups in total. The lowest BCUT2D eigenvalue weighted by atomic mass is 10.0. The van der Waals surface area contributed by atoms with Crippen LogP contribution in [0.25, 0.3) is 11.0 Å². The van der Waals surface area contributed by atoms with E-state index in [0.29, 0.717) is 35.5 Å². The van der Waals surface area contributed by atoms with Gasteiger partial charge in [-0.25, -0.2) is 14.8 Å². The molecule has 1 aliphatic heterocycles. The van der Waals surface area contributed by atoms with Gasteiger partial charge >= 0.3 is 5.97 Å². The highest BCUT2D eigenvalue weighted by Crippen LogP contribution is 2.30. The number of aryl methyl sites for hydroxylation is 1. The van der Waals surface area contributed by atoms with E-state index in [9.17, 15) is 9.90 Å². The summed E-state index contributed by atoms with van der Waals surface area (Å²) in [5.74, 6) is 1.26. The molecule has 9 nitrogen and oxygen atoms in total. The number of fused-ring (bicyclic) bond motifs is 1. The molecule has 0 amide bonds. The number of nitrogens with zero attached hydrogens (tertiary/aromatic N) is 5. The predicted molar refractivity (Wildman–Crippen MR) is 165 cm³/mol. The normalized spacial score (nSPS) is 16.7. The predicted octanol–water partition coefficient (Wildman–Crippen LogP) is 6.54. The first-order valence-corrected chi connectivity index (χ1v) is 14.8. The first-order chi connectivity index (χ1) is 20.8. The lowest BCUT2D eigenvalue weighted by Gasteiger charge is -2.45. The van der Waals surface area contributed by atoms with Crippen molar-refractivity contribution in [1.29, 1.82) is 0 Å². The minimum absolute atomic E-state index is 0.0137. The van der Waals surface area contributed by atoms with Crippen LogP contribution in [0.1, 0.15) is 41.3 Å². The number of likely N-dealkylation sites (tertiary alicyclic amines) is 1. The van der Waals surface area contributed by atoms with E-state index in [2.05, 4.69) is 32.9 Å². The van der Waals surface area contributed by atoms with Crippen molar-refractivity contribution in [3.05, 3.63) is 106 Å². The van der Waals surface area contributed by atoms with E-state index in [0.717, 1.165) is 47.0 Å². The van der Waals surface area contributed by atoms with Crippen molar-refractivity contribution in [3.8, 4) is 11.5 Å². The minimum Gasteiger partial charge on any atom is -0.487 e. The van der Waals surface area contributed by atoms with Gasteiger partial charge in [-0.15, -0.1) is 0 Å². The van der Waals surface area contributed by atoms with Crippen molar-refractivity contribution in [2.45, 2.75) is 52.2 Å². The lowest BCUT2D eigenvalue weighted by Crippen LogP contribution is -2.60. The number of carbonyl (C=O) groups is 1. The third-order valence-corrected chi connectivity index (χ3v) is 8.41. The summed E-state index contributed by atoms with van der Waals surface area (Å²) in [6.45, 7) is 7.24. The second kappa shape index (κ2) is 12.3. The maximum absolute atomic E-state index is 11.7. The number of hydrogen-bond donors (Lipinski definition) is 1. The molecule has 222 valence electrons. The molecule has 11 heteroatoms. The summed E-state index contributed by atoms with van der Waals surface area (Å²) < 4.78 is 16.4. The van der Waals surface area contributed by atoms with E-state index >= 15 is 0 Å². The summed E-state index contributed by atoms with van der Waals surface area (Å²) in [6, 6.07) is 18.2. The number of carboxylic acids is 1. The van der Waals surface area contributed by atoms with Crippen LogP contribution in [0.3, 0.4) is 0 Å². The molecule has 1 aliphatic rings. The Morgan fingerprint density at radius 3 is 2.72 bits per heavy atom. The molecule has 5 aromatic rings. The third-order valence-electron chi connectivity index (χ3n) is 7.88. The molecule has 0 radical (unpaired) electrons. The van der Waals surface area contributed by atoms with Crippen molar-refractivity contribution >= 4 is 40.2 Å². The van der Waals surface area contributed by atoms with Crippen LogP contribution < -0.4 is 9.47 Å². The molecule has 0 aliphatic carbocycles. The Morgan fingerprint density at radius 2 is 1.95 bits per heavy atom. The van der Waals surface area contributed by atoms with E-state index in [-0.39, 0.29) is 17.7 Å². The van der Waals surface area contributed by atoms with Gasteiger partial charge in [-0.1, -0.05) is 35.3 Å². The molecule has 0 bridgehead atoms. The topological polar surface area (TPSA) is 94.6 Å². The van der Waals surface area contributed by atoms with Crippen molar-refractivity contribution in [2.75, 3.05) is 6.54 Å². The zero-order valence-corrected chi connectivity index (χ0v) is 25.3. The summed E-state index contributed by atoms with van der Waals surface area (Å²) in [7, 11) is 0. The van der Waals surface area contributed by atoms with E-state index < -0.39 is 5.97 Å².